The molecule has 2 heteroatoms. The minimum Gasteiger partial charge on any atom is -0.388 e. The summed E-state index contributed by atoms with van der Waals surface area (Å²) in [6.07, 6.45) is 0. The van der Waals surface area contributed by atoms with Gasteiger partial charge in [0.05, 0.1) is 0 Å². The van der Waals surface area contributed by atoms with E-state index in [0.717, 1.165) is 11.3 Å². The summed E-state index contributed by atoms with van der Waals surface area (Å²) in [6.45, 7) is 1.98. The zero-order valence-corrected chi connectivity index (χ0v) is 6.96. The van der Waals surface area contributed by atoms with E-state index in [1.165, 1.54) is 0 Å². The van der Waals surface area contributed by atoms with Crippen molar-refractivity contribution in [2.24, 2.45) is 5.73 Å². The van der Waals surface area contributed by atoms with E-state index in [0.29, 0.717) is 0 Å². The van der Waals surface area contributed by atoms with Gasteiger partial charge in [-0.05, 0) is 24.6 Å². The van der Waals surface area contributed by atoms with E-state index >= 15 is 0 Å². The lowest BCUT2D eigenvalue weighted by atomic mass is 10.1. The molecule has 0 aliphatic heterocycles. The van der Waals surface area contributed by atoms with Gasteiger partial charge < -0.3 is 11.1 Å². The first-order valence-electron chi connectivity index (χ1n) is 3.77. The predicted octanol–water partition coefficient (Wildman–Crippen LogP) is 1.75. The quantitative estimate of drug-likeness (QED) is 0.674. The molecular weight excluding hydrogens is 136 g/mol. The normalized spacial score (nSPS) is 12.6. The predicted molar refractivity (Wildman–Crippen MR) is 48.6 cm³/mol. The Morgan fingerprint density at radius 3 is 2.73 bits per heavy atom. The van der Waals surface area contributed by atoms with Crippen molar-refractivity contribution < 1.29 is 0 Å². The molecule has 1 aromatic carbocycles. The van der Waals surface area contributed by atoms with Crippen LogP contribution in [0.15, 0.2) is 24.3 Å². The largest absolute Gasteiger partial charge is 0.388 e. The van der Waals surface area contributed by atoms with Crippen molar-refractivity contribution in [2.75, 3.05) is 12.4 Å². The Bertz CT molecular complexity index is 231. The second-order valence-corrected chi connectivity index (χ2v) is 2.66. The number of hydrogen-bond donors (Lipinski definition) is 2. The topological polar surface area (TPSA) is 38.0 Å². The summed E-state index contributed by atoms with van der Waals surface area (Å²) in [5.74, 6) is 0. The molecule has 0 fully saturated rings. The van der Waals surface area contributed by atoms with Crippen molar-refractivity contribution in [3.8, 4) is 0 Å². The number of rotatable bonds is 2. The first-order valence-corrected chi connectivity index (χ1v) is 3.77. The maximum Gasteiger partial charge on any atom is 0.0340 e. The smallest absolute Gasteiger partial charge is 0.0340 e. The van der Waals surface area contributed by atoms with Gasteiger partial charge in [0.1, 0.15) is 0 Å². The van der Waals surface area contributed by atoms with Gasteiger partial charge in [-0.2, -0.15) is 0 Å². The molecule has 11 heavy (non-hydrogen) atoms. The molecule has 1 atom stereocenters. The van der Waals surface area contributed by atoms with Crippen molar-refractivity contribution in [3.05, 3.63) is 29.8 Å². The van der Waals surface area contributed by atoms with Gasteiger partial charge in [0.25, 0.3) is 0 Å². The molecule has 1 rings (SSSR count). The highest BCUT2D eigenvalue weighted by Gasteiger charge is 1.97. The Hall–Kier alpha value is -1.02. The van der Waals surface area contributed by atoms with Crippen molar-refractivity contribution >= 4 is 5.69 Å². The lowest BCUT2D eigenvalue weighted by molar-refractivity contribution is 0.818. The Balaban J connectivity index is 2.91. The average Bonchev–Trinajstić information content (AvgIpc) is 2.05. The highest BCUT2D eigenvalue weighted by atomic mass is 14.8. The van der Waals surface area contributed by atoms with Crippen LogP contribution in [0.2, 0.25) is 0 Å². The summed E-state index contributed by atoms with van der Waals surface area (Å²) in [5.41, 5.74) is 7.98. The molecule has 0 aliphatic carbocycles. The van der Waals surface area contributed by atoms with E-state index < -0.39 is 0 Å². The Morgan fingerprint density at radius 2 is 2.18 bits per heavy atom. The summed E-state index contributed by atoms with van der Waals surface area (Å²) in [5, 5.41) is 3.07. The summed E-state index contributed by atoms with van der Waals surface area (Å²) < 4.78 is 0. The molecule has 2 nitrogen and oxygen atoms in total. The molecule has 3 N–H and O–H groups in total. The zero-order chi connectivity index (χ0) is 8.27. The average molecular weight is 150 g/mol. The van der Waals surface area contributed by atoms with Crippen LogP contribution in [0.5, 0.6) is 0 Å². The second kappa shape index (κ2) is 3.39. The summed E-state index contributed by atoms with van der Waals surface area (Å²) in [7, 11) is 1.90. The third kappa shape index (κ3) is 1.95. The second-order valence-electron chi connectivity index (χ2n) is 2.66. The molecule has 0 amide bonds. The number of nitrogens with one attached hydrogen (secondary N) is 1. The highest BCUT2D eigenvalue weighted by Crippen LogP contribution is 2.14. The van der Waals surface area contributed by atoms with Gasteiger partial charge in [-0.1, -0.05) is 12.1 Å². The molecule has 0 bridgehead atoms. The molecule has 0 radical (unpaired) electrons. The number of benzene rings is 1. The molecule has 0 heterocycles. The molecule has 0 saturated heterocycles. The minimum absolute atomic E-state index is 0.114. The number of hydrogen-bond acceptors (Lipinski definition) is 2. The van der Waals surface area contributed by atoms with Crippen molar-refractivity contribution in [3.63, 3.8) is 0 Å². The van der Waals surface area contributed by atoms with Crippen LogP contribution < -0.4 is 11.1 Å². The van der Waals surface area contributed by atoms with Crippen LogP contribution in [-0.2, 0) is 0 Å². The highest BCUT2D eigenvalue weighted by molar-refractivity contribution is 5.45. The van der Waals surface area contributed by atoms with Crippen LogP contribution >= 0.6 is 0 Å². The van der Waals surface area contributed by atoms with Crippen LogP contribution in [0.25, 0.3) is 0 Å². The fraction of sp³-hybridized carbons (Fsp3) is 0.333. The Kier molecular flexibility index (Phi) is 2.49. The minimum atomic E-state index is 0.114. The van der Waals surface area contributed by atoms with Crippen LogP contribution in [-0.4, -0.2) is 7.05 Å². The van der Waals surface area contributed by atoms with Gasteiger partial charge in [-0.15, -0.1) is 0 Å². The first-order chi connectivity index (χ1) is 5.24. The molecule has 60 valence electrons. The molecule has 0 spiro atoms. The fourth-order valence-electron chi connectivity index (χ4n) is 0.977. The van der Waals surface area contributed by atoms with Gasteiger partial charge >= 0.3 is 0 Å². The van der Waals surface area contributed by atoms with Gasteiger partial charge in [0.15, 0.2) is 0 Å². The fourth-order valence-corrected chi connectivity index (χ4v) is 0.977. The molecule has 1 aromatic rings. The zero-order valence-electron chi connectivity index (χ0n) is 6.96. The van der Waals surface area contributed by atoms with Crippen molar-refractivity contribution in [1.82, 2.24) is 0 Å². The van der Waals surface area contributed by atoms with E-state index in [2.05, 4.69) is 11.4 Å². The number of anilines is 1. The third-order valence-electron chi connectivity index (χ3n) is 1.70. The lowest BCUT2D eigenvalue weighted by Crippen LogP contribution is -2.04. The van der Waals surface area contributed by atoms with Gasteiger partial charge in [0.2, 0.25) is 0 Å². The summed E-state index contributed by atoms with van der Waals surface area (Å²) >= 11 is 0. The number of nitrogens with two attached hydrogens (primary N) is 1. The van der Waals surface area contributed by atoms with Crippen LogP contribution in [0.4, 0.5) is 5.69 Å². The molecule has 0 aliphatic rings. The van der Waals surface area contributed by atoms with Gasteiger partial charge in [-0.3, -0.25) is 0 Å². The van der Waals surface area contributed by atoms with Crippen LogP contribution in [0.1, 0.15) is 18.5 Å². The maximum atomic E-state index is 5.71. The summed E-state index contributed by atoms with van der Waals surface area (Å²) in [4.78, 5) is 0. The standard InChI is InChI=1S/C9H14N2/c1-7(10)8-4-3-5-9(6-8)11-2/h3-7,11H,10H2,1-2H3. The molecular formula is C9H14N2. The van der Waals surface area contributed by atoms with E-state index in [4.69, 9.17) is 5.73 Å². The van der Waals surface area contributed by atoms with E-state index in [1.807, 2.05) is 32.2 Å². The van der Waals surface area contributed by atoms with Crippen LogP contribution in [0.3, 0.4) is 0 Å². The molecule has 0 saturated carbocycles. The molecule has 1 unspecified atom stereocenters. The Labute approximate surface area is 67.4 Å². The molecule has 0 aromatic heterocycles. The van der Waals surface area contributed by atoms with E-state index in [-0.39, 0.29) is 6.04 Å². The lowest BCUT2D eigenvalue weighted by Gasteiger charge is -2.07. The Morgan fingerprint density at radius 1 is 1.45 bits per heavy atom. The monoisotopic (exact) mass is 150 g/mol. The maximum absolute atomic E-state index is 5.71. The first kappa shape index (κ1) is 8.08. The van der Waals surface area contributed by atoms with Gasteiger partial charge in [0, 0.05) is 18.8 Å². The van der Waals surface area contributed by atoms with Gasteiger partial charge in [-0.25, -0.2) is 0 Å². The third-order valence-corrected chi connectivity index (χ3v) is 1.70. The van der Waals surface area contributed by atoms with E-state index in [1.54, 1.807) is 0 Å². The van der Waals surface area contributed by atoms with E-state index in [9.17, 15) is 0 Å². The summed E-state index contributed by atoms with van der Waals surface area (Å²) in [6, 6.07) is 8.23. The SMILES string of the molecule is CNc1cccc(C(C)N)c1. The van der Waals surface area contributed by atoms with Crippen molar-refractivity contribution in [2.45, 2.75) is 13.0 Å². The van der Waals surface area contributed by atoms with Crippen LogP contribution in [0, 0.1) is 0 Å². The van der Waals surface area contributed by atoms with Crippen molar-refractivity contribution in [1.29, 1.82) is 0 Å².